The Morgan fingerprint density at radius 1 is 1.93 bits per heavy atom. The van der Waals surface area contributed by atoms with Crippen LogP contribution in [-0.2, 0) is 4.79 Å². The molecule has 0 radical (unpaired) electrons. The number of hydrogen-bond donors (Lipinski definition) is 1. The molecule has 1 aromatic heterocycles. The van der Waals surface area contributed by atoms with Gasteiger partial charge in [-0.2, -0.15) is 0 Å². The average molecular weight is 229 g/mol. The lowest BCUT2D eigenvalue weighted by Gasteiger charge is -2.07. The first-order valence-corrected chi connectivity index (χ1v) is 5.81. The molecule has 0 aromatic carbocycles. The highest BCUT2D eigenvalue weighted by Gasteiger charge is 2.14. The van der Waals surface area contributed by atoms with Crippen LogP contribution in [0.3, 0.4) is 0 Å². The number of nitrogens with one attached hydrogen (secondary N) is 1. The Balaban J connectivity index is 2.37. The summed E-state index contributed by atoms with van der Waals surface area (Å²) in [5.74, 6) is -0.00917. The van der Waals surface area contributed by atoms with Crippen molar-refractivity contribution in [1.29, 1.82) is 0 Å². The minimum Gasteiger partial charge on any atom is -0.352 e. The molecule has 1 unspecified atom stereocenters. The molecule has 1 atom stereocenters. The van der Waals surface area contributed by atoms with Gasteiger partial charge in [0, 0.05) is 6.54 Å². The highest BCUT2D eigenvalue weighted by atomic mass is 32.2. The number of rotatable bonds is 5. The maximum Gasteiger partial charge on any atom is 0.233 e. The van der Waals surface area contributed by atoms with Crippen LogP contribution in [0.5, 0.6) is 0 Å². The van der Waals surface area contributed by atoms with Gasteiger partial charge < -0.3 is 5.32 Å². The summed E-state index contributed by atoms with van der Waals surface area (Å²) in [5, 5.41) is 10.1. The number of thioether (sulfide) groups is 1. The fraction of sp³-hybridized carbons (Fsp3) is 0.375. The fourth-order valence-electron chi connectivity index (χ4n) is 0.736. The first-order valence-electron chi connectivity index (χ1n) is 4.05. The molecular formula is C8H11N3OS2. The molecule has 14 heavy (non-hydrogen) atoms. The number of hydrogen-bond acceptors (Lipinski definition) is 5. The van der Waals surface area contributed by atoms with Crippen molar-refractivity contribution < 1.29 is 4.79 Å². The molecule has 6 heteroatoms. The molecule has 4 nitrogen and oxygen atoms in total. The van der Waals surface area contributed by atoms with Crippen LogP contribution >= 0.6 is 23.1 Å². The van der Waals surface area contributed by atoms with Crippen LogP contribution in [0.2, 0.25) is 0 Å². The van der Waals surface area contributed by atoms with Gasteiger partial charge in [-0.15, -0.1) is 16.8 Å². The molecular weight excluding hydrogens is 218 g/mol. The van der Waals surface area contributed by atoms with Crippen molar-refractivity contribution in [2.45, 2.75) is 16.5 Å². The topological polar surface area (TPSA) is 54.9 Å². The minimum absolute atomic E-state index is 0.00917. The maximum atomic E-state index is 11.4. The van der Waals surface area contributed by atoms with E-state index in [0.29, 0.717) is 6.54 Å². The Bertz CT molecular complexity index is 300. The maximum absolute atomic E-state index is 11.4. The molecule has 76 valence electrons. The van der Waals surface area contributed by atoms with Gasteiger partial charge in [-0.1, -0.05) is 29.2 Å². The highest BCUT2D eigenvalue weighted by Crippen LogP contribution is 2.23. The van der Waals surface area contributed by atoms with Gasteiger partial charge in [0.25, 0.3) is 0 Å². The Hall–Kier alpha value is -0.880. The monoisotopic (exact) mass is 229 g/mol. The number of carbonyl (C=O) groups is 1. The van der Waals surface area contributed by atoms with Gasteiger partial charge >= 0.3 is 0 Å². The van der Waals surface area contributed by atoms with Crippen molar-refractivity contribution in [2.24, 2.45) is 0 Å². The van der Waals surface area contributed by atoms with E-state index in [1.54, 1.807) is 11.6 Å². The van der Waals surface area contributed by atoms with E-state index in [1.807, 2.05) is 6.92 Å². The molecule has 1 N–H and O–H groups in total. The van der Waals surface area contributed by atoms with Gasteiger partial charge in [-0.05, 0) is 6.92 Å². The molecule has 1 heterocycles. The molecule has 1 rings (SSSR count). The lowest BCUT2D eigenvalue weighted by Crippen LogP contribution is -2.30. The largest absolute Gasteiger partial charge is 0.352 e. The van der Waals surface area contributed by atoms with E-state index >= 15 is 0 Å². The van der Waals surface area contributed by atoms with E-state index in [9.17, 15) is 4.79 Å². The lowest BCUT2D eigenvalue weighted by molar-refractivity contribution is -0.120. The van der Waals surface area contributed by atoms with Crippen LogP contribution in [0.4, 0.5) is 0 Å². The van der Waals surface area contributed by atoms with Crippen LogP contribution < -0.4 is 5.32 Å². The van der Waals surface area contributed by atoms with Crippen LogP contribution in [0.1, 0.15) is 6.92 Å². The molecule has 0 saturated heterocycles. The summed E-state index contributed by atoms with van der Waals surface area (Å²) in [6.07, 6.45) is 1.65. The molecule has 0 spiro atoms. The van der Waals surface area contributed by atoms with Crippen molar-refractivity contribution in [3.8, 4) is 0 Å². The Labute approximate surface area is 90.8 Å². The van der Waals surface area contributed by atoms with Crippen LogP contribution in [0, 0.1) is 0 Å². The predicted octanol–water partition coefficient (Wildman–Crippen LogP) is 1.32. The van der Waals surface area contributed by atoms with Gasteiger partial charge in [0.1, 0.15) is 5.51 Å². The summed E-state index contributed by atoms with van der Waals surface area (Å²) in [5.41, 5.74) is 1.65. The smallest absolute Gasteiger partial charge is 0.233 e. The van der Waals surface area contributed by atoms with Gasteiger partial charge in [0.2, 0.25) is 5.91 Å². The zero-order valence-electron chi connectivity index (χ0n) is 7.77. The van der Waals surface area contributed by atoms with Crippen molar-refractivity contribution in [2.75, 3.05) is 6.54 Å². The quantitative estimate of drug-likeness (QED) is 0.611. The normalized spacial score (nSPS) is 12.1. The first kappa shape index (κ1) is 11.2. The summed E-state index contributed by atoms with van der Waals surface area (Å²) in [4.78, 5) is 11.4. The molecule has 0 saturated carbocycles. The molecule has 1 aromatic rings. The Morgan fingerprint density at radius 3 is 3.29 bits per heavy atom. The summed E-state index contributed by atoms with van der Waals surface area (Å²) in [6, 6.07) is 0. The average Bonchev–Trinajstić information content (AvgIpc) is 2.66. The van der Waals surface area contributed by atoms with E-state index < -0.39 is 0 Å². The third kappa shape index (κ3) is 3.47. The molecule has 0 bridgehead atoms. The molecule has 0 fully saturated rings. The third-order valence-electron chi connectivity index (χ3n) is 1.41. The van der Waals surface area contributed by atoms with E-state index in [0.717, 1.165) is 4.34 Å². The highest BCUT2D eigenvalue weighted by molar-refractivity contribution is 8.02. The standard InChI is InChI=1S/C8H11N3OS2/c1-3-4-9-7(12)6(2)14-8-11-10-5-13-8/h3,5-6H,1,4H2,2H3,(H,9,12). The van der Waals surface area contributed by atoms with Crippen LogP contribution in [0.15, 0.2) is 22.5 Å². The molecule has 1 amide bonds. The number of nitrogens with zero attached hydrogens (tertiary/aromatic N) is 2. The van der Waals surface area contributed by atoms with Crippen molar-refractivity contribution in [1.82, 2.24) is 15.5 Å². The summed E-state index contributed by atoms with van der Waals surface area (Å²) in [6.45, 7) is 5.86. The number of carbonyl (C=O) groups excluding carboxylic acids is 1. The molecule has 0 aliphatic carbocycles. The van der Waals surface area contributed by atoms with Crippen molar-refractivity contribution >= 4 is 29.0 Å². The van der Waals surface area contributed by atoms with Gasteiger partial charge in [0.15, 0.2) is 4.34 Å². The zero-order chi connectivity index (χ0) is 10.4. The summed E-state index contributed by atoms with van der Waals surface area (Å²) < 4.78 is 0.811. The predicted molar refractivity (Wildman–Crippen MR) is 58.4 cm³/mol. The van der Waals surface area contributed by atoms with Crippen LogP contribution in [-0.4, -0.2) is 27.9 Å². The van der Waals surface area contributed by atoms with Crippen LogP contribution in [0.25, 0.3) is 0 Å². The molecule has 0 aliphatic rings. The van der Waals surface area contributed by atoms with E-state index in [-0.39, 0.29) is 11.2 Å². The van der Waals surface area contributed by atoms with Gasteiger partial charge in [0.05, 0.1) is 5.25 Å². The Morgan fingerprint density at radius 2 is 2.71 bits per heavy atom. The SMILES string of the molecule is C=CCNC(=O)C(C)Sc1nncs1. The number of aromatic nitrogens is 2. The second kappa shape index (κ2) is 5.77. The number of amides is 1. The second-order valence-corrected chi connectivity index (χ2v) is 4.92. The van der Waals surface area contributed by atoms with Gasteiger partial charge in [-0.25, -0.2) is 0 Å². The van der Waals surface area contributed by atoms with E-state index in [4.69, 9.17) is 0 Å². The van der Waals surface area contributed by atoms with E-state index in [2.05, 4.69) is 22.1 Å². The third-order valence-corrected chi connectivity index (χ3v) is 3.32. The van der Waals surface area contributed by atoms with Crippen molar-refractivity contribution in [3.63, 3.8) is 0 Å². The lowest BCUT2D eigenvalue weighted by atomic mass is 10.4. The van der Waals surface area contributed by atoms with Crippen molar-refractivity contribution in [3.05, 3.63) is 18.2 Å². The fourth-order valence-corrected chi connectivity index (χ4v) is 2.39. The minimum atomic E-state index is -0.150. The zero-order valence-corrected chi connectivity index (χ0v) is 9.40. The second-order valence-electron chi connectivity index (χ2n) is 2.50. The summed E-state index contributed by atoms with van der Waals surface area (Å²) >= 11 is 2.84. The van der Waals surface area contributed by atoms with E-state index in [1.165, 1.54) is 23.1 Å². The van der Waals surface area contributed by atoms with Gasteiger partial charge in [-0.3, -0.25) is 4.79 Å². The molecule has 0 aliphatic heterocycles. The summed E-state index contributed by atoms with van der Waals surface area (Å²) in [7, 11) is 0. The Kier molecular flexibility index (Phi) is 4.61. The first-order chi connectivity index (χ1) is 6.74.